The van der Waals surface area contributed by atoms with Gasteiger partial charge < -0.3 is 15.6 Å². The number of aromatic nitrogens is 3. The van der Waals surface area contributed by atoms with Gasteiger partial charge in [0.2, 0.25) is 5.95 Å². The summed E-state index contributed by atoms with van der Waals surface area (Å²) in [7, 11) is 0. The van der Waals surface area contributed by atoms with Crippen LogP contribution in [0.2, 0.25) is 0 Å². The van der Waals surface area contributed by atoms with Crippen LogP contribution >= 0.6 is 11.3 Å². The van der Waals surface area contributed by atoms with Gasteiger partial charge in [0.1, 0.15) is 0 Å². The van der Waals surface area contributed by atoms with Crippen LogP contribution in [0.1, 0.15) is 12.6 Å². The fraction of sp³-hybridized carbons (Fsp3) is 0.300. The van der Waals surface area contributed by atoms with Crippen molar-refractivity contribution < 1.29 is 4.39 Å². The molecule has 0 aliphatic rings. The lowest BCUT2D eigenvalue weighted by Crippen LogP contribution is -2.09. The third-order valence-corrected chi connectivity index (χ3v) is 2.81. The minimum Gasteiger partial charge on any atom is -0.362 e. The van der Waals surface area contributed by atoms with Crippen molar-refractivity contribution in [2.24, 2.45) is 0 Å². The standard InChI is InChI=1S/C10H12FN5OS/c1-2-12-9-14-4-7(11)8(16-9)13-3-6-5-18-10(17)15-6/h4-5H,2-3H2,1H3,(H,15,17)(H2,12,13,14,16). The van der Waals surface area contributed by atoms with E-state index >= 15 is 0 Å². The van der Waals surface area contributed by atoms with E-state index in [1.807, 2.05) is 6.92 Å². The lowest BCUT2D eigenvalue weighted by molar-refractivity contribution is 0.617. The Labute approximate surface area is 106 Å². The summed E-state index contributed by atoms with van der Waals surface area (Å²) in [6, 6.07) is 0. The summed E-state index contributed by atoms with van der Waals surface area (Å²) in [5.74, 6) is -0.0672. The molecular formula is C10H12FN5OS. The molecule has 0 aromatic carbocycles. The van der Waals surface area contributed by atoms with E-state index in [1.165, 1.54) is 0 Å². The lowest BCUT2D eigenvalue weighted by atomic mass is 10.4. The first-order chi connectivity index (χ1) is 8.69. The van der Waals surface area contributed by atoms with Crippen molar-refractivity contribution in [2.45, 2.75) is 13.5 Å². The molecule has 6 nitrogen and oxygen atoms in total. The number of hydrogen-bond acceptors (Lipinski definition) is 6. The van der Waals surface area contributed by atoms with E-state index in [4.69, 9.17) is 0 Å². The van der Waals surface area contributed by atoms with Gasteiger partial charge in [-0.2, -0.15) is 4.98 Å². The Kier molecular flexibility index (Phi) is 3.88. The highest BCUT2D eigenvalue weighted by atomic mass is 32.1. The monoisotopic (exact) mass is 269 g/mol. The van der Waals surface area contributed by atoms with Gasteiger partial charge in [-0.15, -0.1) is 0 Å². The maximum atomic E-state index is 13.4. The third-order valence-electron chi connectivity index (χ3n) is 2.10. The second-order valence-electron chi connectivity index (χ2n) is 3.45. The van der Waals surface area contributed by atoms with E-state index in [0.29, 0.717) is 24.7 Å². The minimum absolute atomic E-state index is 0.105. The van der Waals surface area contributed by atoms with Gasteiger partial charge in [0, 0.05) is 17.6 Å². The van der Waals surface area contributed by atoms with Crippen LogP contribution in [-0.2, 0) is 6.54 Å². The lowest BCUT2D eigenvalue weighted by Gasteiger charge is -2.07. The van der Waals surface area contributed by atoms with E-state index in [-0.39, 0.29) is 10.7 Å². The fourth-order valence-corrected chi connectivity index (χ4v) is 1.90. The summed E-state index contributed by atoms with van der Waals surface area (Å²) in [5, 5.41) is 7.38. The van der Waals surface area contributed by atoms with Gasteiger partial charge in [-0.1, -0.05) is 11.3 Å². The second-order valence-corrected chi connectivity index (χ2v) is 4.29. The zero-order valence-electron chi connectivity index (χ0n) is 9.66. The Morgan fingerprint density at radius 3 is 3.00 bits per heavy atom. The number of thiazole rings is 1. The van der Waals surface area contributed by atoms with Gasteiger partial charge >= 0.3 is 4.87 Å². The molecule has 0 amide bonds. The van der Waals surface area contributed by atoms with Crippen LogP contribution in [0.4, 0.5) is 16.2 Å². The van der Waals surface area contributed by atoms with Crippen LogP contribution in [0, 0.1) is 5.82 Å². The highest BCUT2D eigenvalue weighted by Crippen LogP contribution is 2.12. The molecule has 0 bridgehead atoms. The molecule has 2 aromatic heterocycles. The molecule has 0 aliphatic heterocycles. The van der Waals surface area contributed by atoms with Crippen molar-refractivity contribution in [3.8, 4) is 0 Å². The first-order valence-corrected chi connectivity index (χ1v) is 6.24. The van der Waals surface area contributed by atoms with Crippen LogP contribution in [0.25, 0.3) is 0 Å². The smallest absolute Gasteiger partial charge is 0.304 e. The van der Waals surface area contributed by atoms with Gasteiger partial charge in [-0.05, 0) is 6.92 Å². The quantitative estimate of drug-likeness (QED) is 0.764. The van der Waals surface area contributed by atoms with Gasteiger partial charge in [-0.3, -0.25) is 4.79 Å². The summed E-state index contributed by atoms with van der Waals surface area (Å²) >= 11 is 1.07. The van der Waals surface area contributed by atoms with Gasteiger partial charge in [0.15, 0.2) is 11.6 Å². The van der Waals surface area contributed by atoms with Crippen LogP contribution in [0.5, 0.6) is 0 Å². The molecule has 0 saturated heterocycles. The minimum atomic E-state index is -0.533. The molecule has 8 heteroatoms. The SMILES string of the molecule is CCNc1ncc(F)c(NCc2csc(=O)[nH]2)n1. The molecule has 18 heavy (non-hydrogen) atoms. The summed E-state index contributed by atoms with van der Waals surface area (Å²) in [6.45, 7) is 2.86. The molecule has 0 aliphatic carbocycles. The molecule has 0 spiro atoms. The van der Waals surface area contributed by atoms with Crippen molar-refractivity contribution in [2.75, 3.05) is 17.2 Å². The number of hydrogen-bond donors (Lipinski definition) is 3. The molecule has 2 aromatic rings. The number of halogens is 1. The van der Waals surface area contributed by atoms with Gasteiger partial charge in [-0.25, -0.2) is 9.37 Å². The molecule has 0 fully saturated rings. The van der Waals surface area contributed by atoms with Crippen LogP contribution in [-0.4, -0.2) is 21.5 Å². The Balaban J connectivity index is 2.08. The van der Waals surface area contributed by atoms with Crippen molar-refractivity contribution in [1.29, 1.82) is 0 Å². The zero-order valence-corrected chi connectivity index (χ0v) is 10.5. The topological polar surface area (TPSA) is 82.7 Å². The van der Waals surface area contributed by atoms with Gasteiger partial charge in [0.05, 0.1) is 12.7 Å². The molecule has 2 rings (SSSR count). The van der Waals surface area contributed by atoms with Crippen molar-refractivity contribution in [3.05, 3.63) is 32.8 Å². The Bertz CT molecular complexity index is 582. The average Bonchev–Trinajstić information content (AvgIpc) is 2.76. The predicted molar refractivity (Wildman–Crippen MR) is 68.4 cm³/mol. The molecule has 0 atom stereocenters. The Hall–Kier alpha value is -1.96. The Morgan fingerprint density at radius 1 is 1.50 bits per heavy atom. The molecular weight excluding hydrogens is 257 g/mol. The van der Waals surface area contributed by atoms with E-state index in [1.54, 1.807) is 5.38 Å². The number of aromatic amines is 1. The normalized spacial score (nSPS) is 10.3. The molecule has 0 unspecified atom stereocenters. The van der Waals surface area contributed by atoms with Crippen molar-refractivity contribution in [3.63, 3.8) is 0 Å². The van der Waals surface area contributed by atoms with Crippen molar-refractivity contribution >= 4 is 23.1 Å². The maximum Gasteiger partial charge on any atom is 0.304 e. The van der Waals surface area contributed by atoms with Crippen molar-refractivity contribution in [1.82, 2.24) is 15.0 Å². The van der Waals surface area contributed by atoms with Crippen LogP contribution < -0.4 is 15.5 Å². The molecule has 0 radical (unpaired) electrons. The summed E-state index contributed by atoms with van der Waals surface area (Å²) < 4.78 is 13.4. The van der Waals surface area contributed by atoms with E-state index in [2.05, 4.69) is 25.6 Å². The number of H-pyrrole nitrogens is 1. The predicted octanol–water partition coefficient (Wildman–Crippen LogP) is 1.41. The summed E-state index contributed by atoms with van der Waals surface area (Å²) in [5.41, 5.74) is 0.688. The second kappa shape index (κ2) is 5.58. The number of nitrogens with one attached hydrogen (secondary N) is 3. The highest BCUT2D eigenvalue weighted by Gasteiger charge is 2.06. The third kappa shape index (κ3) is 3.04. The van der Waals surface area contributed by atoms with Crippen LogP contribution in [0.15, 0.2) is 16.4 Å². The summed E-state index contributed by atoms with van der Waals surface area (Å²) in [4.78, 5) is 21.2. The number of anilines is 2. The molecule has 3 N–H and O–H groups in total. The average molecular weight is 269 g/mol. The maximum absolute atomic E-state index is 13.4. The van der Waals surface area contributed by atoms with Crippen LogP contribution in [0.3, 0.4) is 0 Å². The van der Waals surface area contributed by atoms with E-state index in [9.17, 15) is 9.18 Å². The molecule has 0 saturated carbocycles. The highest BCUT2D eigenvalue weighted by molar-refractivity contribution is 7.07. The zero-order chi connectivity index (χ0) is 13.0. The molecule has 96 valence electrons. The number of nitrogens with zero attached hydrogens (tertiary/aromatic N) is 2. The van der Waals surface area contributed by atoms with E-state index < -0.39 is 5.82 Å². The molecule has 2 heterocycles. The number of rotatable bonds is 5. The fourth-order valence-electron chi connectivity index (χ4n) is 1.31. The van der Waals surface area contributed by atoms with Gasteiger partial charge in [0.25, 0.3) is 0 Å². The van der Waals surface area contributed by atoms with E-state index in [0.717, 1.165) is 17.5 Å². The summed E-state index contributed by atoms with van der Waals surface area (Å²) in [6.07, 6.45) is 1.10. The Morgan fingerprint density at radius 2 is 2.33 bits per heavy atom. The first kappa shape index (κ1) is 12.5. The largest absolute Gasteiger partial charge is 0.362 e. The first-order valence-electron chi connectivity index (χ1n) is 5.36.